The Bertz CT molecular complexity index is 915. The third kappa shape index (κ3) is 5.63. The van der Waals surface area contributed by atoms with Crippen LogP contribution in [0.5, 0.6) is 5.75 Å². The number of nitrogens with one attached hydrogen (secondary N) is 2. The summed E-state index contributed by atoms with van der Waals surface area (Å²) in [4.78, 5) is 38.5. The van der Waals surface area contributed by atoms with Gasteiger partial charge in [0, 0.05) is 35.9 Å². The Morgan fingerprint density at radius 2 is 1.45 bits per heavy atom. The van der Waals surface area contributed by atoms with Gasteiger partial charge < -0.3 is 20.3 Å². The molecule has 2 aromatic carbocycles. The number of rotatable bonds is 6. The van der Waals surface area contributed by atoms with E-state index in [0.717, 1.165) is 19.3 Å². The summed E-state index contributed by atoms with van der Waals surface area (Å²) in [6.45, 7) is 4.14. The van der Waals surface area contributed by atoms with Gasteiger partial charge in [0.1, 0.15) is 5.75 Å². The zero-order valence-electron chi connectivity index (χ0n) is 18.2. The van der Waals surface area contributed by atoms with Gasteiger partial charge in [-0.15, -0.1) is 0 Å². The van der Waals surface area contributed by atoms with E-state index in [1.165, 1.54) is 0 Å². The van der Waals surface area contributed by atoms with E-state index in [1.807, 2.05) is 4.90 Å². The van der Waals surface area contributed by atoms with Gasteiger partial charge >= 0.3 is 0 Å². The van der Waals surface area contributed by atoms with Crippen molar-refractivity contribution in [2.75, 3.05) is 19.0 Å². The molecule has 0 saturated carbocycles. The predicted octanol–water partition coefficient (Wildman–Crippen LogP) is 3.47. The number of carbonyl (C=O) groups excluding carboxylic acids is 3. The van der Waals surface area contributed by atoms with Crippen LogP contribution in [0.4, 0.5) is 5.69 Å². The number of nitrogens with zero attached hydrogens (tertiary/aromatic N) is 1. The highest BCUT2D eigenvalue weighted by Gasteiger charge is 2.28. The zero-order chi connectivity index (χ0) is 22.4. The molecule has 164 valence electrons. The van der Waals surface area contributed by atoms with Gasteiger partial charge in [-0.25, -0.2) is 0 Å². The molecule has 2 aromatic rings. The maximum absolute atomic E-state index is 12.6. The lowest BCUT2D eigenvalue weighted by Crippen LogP contribution is -2.49. The first-order valence-corrected chi connectivity index (χ1v) is 10.6. The fraction of sp³-hybridized carbons (Fsp3) is 0.375. The molecule has 2 N–H and O–H groups in total. The second-order valence-corrected chi connectivity index (χ2v) is 7.85. The van der Waals surface area contributed by atoms with Crippen molar-refractivity contribution in [1.29, 1.82) is 0 Å². The minimum Gasteiger partial charge on any atom is -0.484 e. The first-order chi connectivity index (χ1) is 14.9. The number of hydrogen-bond acceptors (Lipinski definition) is 4. The topological polar surface area (TPSA) is 87.7 Å². The molecular weight excluding hydrogens is 394 g/mol. The Labute approximate surface area is 182 Å². The minimum atomic E-state index is -0.272. The third-order valence-corrected chi connectivity index (χ3v) is 5.59. The summed E-state index contributed by atoms with van der Waals surface area (Å²) in [6, 6.07) is 13.8. The molecule has 0 aromatic heterocycles. The molecule has 0 aliphatic carbocycles. The Kier molecular flexibility index (Phi) is 7.28. The van der Waals surface area contributed by atoms with Crippen molar-refractivity contribution in [2.24, 2.45) is 0 Å². The molecule has 7 heteroatoms. The third-order valence-electron chi connectivity index (χ3n) is 5.59. The largest absolute Gasteiger partial charge is 0.484 e. The van der Waals surface area contributed by atoms with Gasteiger partial charge in [0.25, 0.3) is 17.7 Å². The molecule has 0 radical (unpaired) electrons. The fourth-order valence-electron chi connectivity index (χ4n) is 3.89. The molecule has 0 bridgehead atoms. The smallest absolute Gasteiger partial charge is 0.260 e. The molecule has 1 heterocycles. The Morgan fingerprint density at radius 1 is 0.903 bits per heavy atom. The van der Waals surface area contributed by atoms with Crippen molar-refractivity contribution in [3.05, 3.63) is 59.7 Å². The highest BCUT2D eigenvalue weighted by Crippen LogP contribution is 2.23. The maximum atomic E-state index is 12.6. The molecule has 3 amide bonds. The minimum absolute atomic E-state index is 0.0123. The van der Waals surface area contributed by atoms with Crippen LogP contribution in [-0.2, 0) is 4.79 Å². The first-order valence-electron chi connectivity index (χ1n) is 10.6. The number of hydrogen-bond donors (Lipinski definition) is 2. The Balaban J connectivity index is 1.54. The predicted molar refractivity (Wildman–Crippen MR) is 119 cm³/mol. The number of benzene rings is 2. The van der Waals surface area contributed by atoms with Gasteiger partial charge in [0.2, 0.25) is 0 Å². The number of likely N-dealkylation sites (tertiary alicyclic amines) is 1. The molecule has 3 rings (SSSR count). The lowest BCUT2D eigenvalue weighted by Gasteiger charge is -2.38. The quantitative estimate of drug-likeness (QED) is 0.745. The van der Waals surface area contributed by atoms with E-state index in [0.29, 0.717) is 22.6 Å². The molecule has 1 fully saturated rings. The number of amides is 3. The fourth-order valence-corrected chi connectivity index (χ4v) is 3.89. The average molecular weight is 424 g/mol. The summed E-state index contributed by atoms with van der Waals surface area (Å²) in [5, 5.41) is 5.34. The molecule has 1 saturated heterocycles. The van der Waals surface area contributed by atoms with Gasteiger partial charge in [0.05, 0.1) is 0 Å². The van der Waals surface area contributed by atoms with Crippen molar-refractivity contribution < 1.29 is 19.1 Å². The van der Waals surface area contributed by atoms with Gasteiger partial charge in [-0.3, -0.25) is 14.4 Å². The Morgan fingerprint density at radius 3 is 2.03 bits per heavy atom. The Hall–Kier alpha value is -3.35. The van der Waals surface area contributed by atoms with Gasteiger partial charge in [-0.2, -0.15) is 0 Å². The van der Waals surface area contributed by atoms with Crippen molar-refractivity contribution in [3.8, 4) is 5.75 Å². The van der Waals surface area contributed by atoms with Crippen LogP contribution in [0.15, 0.2) is 48.5 Å². The van der Waals surface area contributed by atoms with Gasteiger partial charge in [-0.1, -0.05) is 0 Å². The summed E-state index contributed by atoms with van der Waals surface area (Å²) >= 11 is 0. The highest BCUT2D eigenvalue weighted by molar-refractivity contribution is 6.04. The second kappa shape index (κ2) is 10.1. The highest BCUT2D eigenvalue weighted by atomic mass is 16.5. The van der Waals surface area contributed by atoms with Crippen LogP contribution in [0.1, 0.15) is 53.8 Å². The van der Waals surface area contributed by atoms with Gasteiger partial charge in [0.15, 0.2) is 6.61 Å². The second-order valence-electron chi connectivity index (χ2n) is 7.85. The number of carbonyl (C=O) groups is 3. The average Bonchev–Trinajstić information content (AvgIpc) is 2.78. The maximum Gasteiger partial charge on any atom is 0.260 e. The lowest BCUT2D eigenvalue weighted by molar-refractivity contribution is -0.139. The molecule has 0 spiro atoms. The summed E-state index contributed by atoms with van der Waals surface area (Å²) in [5.41, 5.74) is 1.57. The van der Waals surface area contributed by atoms with Crippen molar-refractivity contribution >= 4 is 23.4 Å². The van der Waals surface area contributed by atoms with Gasteiger partial charge in [-0.05, 0) is 81.6 Å². The molecule has 31 heavy (non-hydrogen) atoms. The molecule has 1 aliphatic heterocycles. The monoisotopic (exact) mass is 423 g/mol. The van der Waals surface area contributed by atoms with E-state index in [1.54, 1.807) is 55.6 Å². The molecule has 2 atom stereocenters. The van der Waals surface area contributed by atoms with Crippen LogP contribution in [0.25, 0.3) is 0 Å². The van der Waals surface area contributed by atoms with Crippen LogP contribution in [0.2, 0.25) is 0 Å². The van der Waals surface area contributed by atoms with Crippen LogP contribution in [0.3, 0.4) is 0 Å². The van der Waals surface area contributed by atoms with Crippen molar-refractivity contribution in [1.82, 2.24) is 10.2 Å². The number of piperidine rings is 1. The van der Waals surface area contributed by atoms with E-state index in [4.69, 9.17) is 4.74 Å². The summed E-state index contributed by atoms with van der Waals surface area (Å²) in [5.74, 6) is 0.0706. The van der Waals surface area contributed by atoms with Crippen LogP contribution < -0.4 is 15.4 Å². The number of anilines is 1. The van der Waals surface area contributed by atoms with E-state index < -0.39 is 0 Å². The SMILES string of the molecule is CNC(=O)c1ccc(NC(=O)c2ccc(OCC(=O)N3[C@H](C)CCC[C@H]3C)cc2)cc1. The van der Waals surface area contributed by atoms with E-state index in [2.05, 4.69) is 24.5 Å². The van der Waals surface area contributed by atoms with Crippen molar-refractivity contribution in [2.45, 2.75) is 45.2 Å². The van der Waals surface area contributed by atoms with E-state index >= 15 is 0 Å². The zero-order valence-corrected chi connectivity index (χ0v) is 18.2. The van der Waals surface area contributed by atoms with E-state index in [-0.39, 0.29) is 36.4 Å². The summed E-state index contributed by atoms with van der Waals surface area (Å²) in [7, 11) is 1.57. The lowest BCUT2D eigenvalue weighted by atomic mass is 9.97. The van der Waals surface area contributed by atoms with E-state index in [9.17, 15) is 14.4 Å². The van der Waals surface area contributed by atoms with Crippen LogP contribution in [-0.4, -0.2) is 48.4 Å². The number of ether oxygens (including phenoxy) is 1. The normalized spacial score (nSPS) is 18.2. The van der Waals surface area contributed by atoms with Crippen LogP contribution >= 0.6 is 0 Å². The molecular formula is C24H29N3O4. The van der Waals surface area contributed by atoms with Crippen molar-refractivity contribution in [3.63, 3.8) is 0 Å². The standard InChI is InChI=1S/C24H29N3O4/c1-16-5-4-6-17(2)27(16)22(28)15-31-21-13-9-19(10-14-21)24(30)26-20-11-7-18(8-12-20)23(29)25-3/h7-14,16-17H,4-6,15H2,1-3H3,(H,25,29)(H,26,30)/t16-,17-/m1/s1. The molecule has 0 unspecified atom stereocenters. The summed E-state index contributed by atoms with van der Waals surface area (Å²) in [6.07, 6.45) is 3.19. The summed E-state index contributed by atoms with van der Waals surface area (Å²) < 4.78 is 5.66. The molecule has 1 aliphatic rings. The molecule has 7 nitrogen and oxygen atoms in total. The first kappa shape index (κ1) is 22.3. The van der Waals surface area contributed by atoms with Crippen LogP contribution in [0, 0.1) is 0 Å².